The highest BCUT2D eigenvalue weighted by Gasteiger charge is 2.17. The molecule has 5 nitrogen and oxygen atoms in total. The molecule has 0 aliphatic carbocycles. The van der Waals surface area contributed by atoms with Crippen molar-refractivity contribution in [1.29, 1.82) is 0 Å². The molecule has 104 valence electrons. The van der Waals surface area contributed by atoms with Crippen molar-refractivity contribution in [2.75, 3.05) is 0 Å². The lowest BCUT2D eigenvalue weighted by Gasteiger charge is -2.10. The van der Waals surface area contributed by atoms with Gasteiger partial charge in [0.15, 0.2) is 0 Å². The van der Waals surface area contributed by atoms with Gasteiger partial charge in [-0.25, -0.2) is 9.67 Å². The lowest BCUT2D eigenvalue weighted by Crippen LogP contribution is -2.13. The molecular weight excluding hydrogens is 262 g/mol. The summed E-state index contributed by atoms with van der Waals surface area (Å²) in [6, 6.07) is 0.292. The normalized spacial score (nSPS) is 13.2. The third kappa shape index (κ3) is 2.66. The second kappa shape index (κ2) is 5.33. The van der Waals surface area contributed by atoms with E-state index >= 15 is 0 Å². The molecular formula is C13H20ClN5. The van der Waals surface area contributed by atoms with Crippen LogP contribution < -0.4 is 0 Å². The number of hydrogen-bond acceptors (Lipinski definition) is 3. The molecule has 0 amide bonds. The highest BCUT2D eigenvalue weighted by atomic mass is 35.5. The number of hydrogen-bond donors (Lipinski definition) is 0. The summed E-state index contributed by atoms with van der Waals surface area (Å²) in [6.07, 6.45) is 1.59. The molecule has 0 N–H and O–H groups in total. The van der Waals surface area contributed by atoms with Gasteiger partial charge in [-0.2, -0.15) is 10.2 Å². The van der Waals surface area contributed by atoms with Gasteiger partial charge in [-0.1, -0.05) is 0 Å². The van der Waals surface area contributed by atoms with Gasteiger partial charge in [0.05, 0.1) is 11.1 Å². The highest BCUT2D eigenvalue weighted by molar-refractivity contribution is 6.20. The van der Waals surface area contributed by atoms with Crippen molar-refractivity contribution < 1.29 is 0 Å². The van der Waals surface area contributed by atoms with Crippen LogP contribution >= 0.6 is 11.6 Å². The van der Waals surface area contributed by atoms with Crippen LogP contribution in [0.25, 0.3) is 0 Å². The van der Waals surface area contributed by atoms with Crippen LogP contribution in [0, 0.1) is 13.8 Å². The molecule has 1 atom stereocenters. The molecule has 0 saturated carbocycles. The standard InChI is InChI=1S/C13H20ClN5/c1-8(2)19-12(15-7-16-19)6-18-11(5)13(9(3)14)10(4)17-18/h7-9H,6H2,1-5H3. The minimum absolute atomic E-state index is 0.0308. The Bertz CT molecular complexity index is 568. The Morgan fingerprint density at radius 3 is 2.47 bits per heavy atom. The predicted octanol–water partition coefficient (Wildman–Crippen LogP) is 3.02. The second-order valence-electron chi connectivity index (χ2n) is 5.07. The number of aryl methyl sites for hydroxylation is 1. The van der Waals surface area contributed by atoms with Crippen LogP contribution in [0.3, 0.4) is 0 Å². The Balaban J connectivity index is 2.34. The fourth-order valence-electron chi connectivity index (χ4n) is 2.39. The lowest BCUT2D eigenvalue weighted by molar-refractivity contribution is 0.485. The number of alkyl halides is 1. The van der Waals surface area contributed by atoms with Crippen molar-refractivity contribution in [3.63, 3.8) is 0 Å². The molecule has 1 unspecified atom stereocenters. The van der Waals surface area contributed by atoms with E-state index in [9.17, 15) is 0 Å². The zero-order valence-corrected chi connectivity index (χ0v) is 12.8. The number of halogens is 1. The van der Waals surface area contributed by atoms with E-state index in [0.717, 1.165) is 22.8 Å². The van der Waals surface area contributed by atoms with Crippen LogP contribution in [0.15, 0.2) is 6.33 Å². The Hall–Kier alpha value is -1.36. The second-order valence-corrected chi connectivity index (χ2v) is 5.73. The summed E-state index contributed by atoms with van der Waals surface area (Å²) in [6.45, 7) is 10.8. The first-order chi connectivity index (χ1) is 8.91. The molecule has 0 aliphatic rings. The zero-order chi connectivity index (χ0) is 14.2. The van der Waals surface area contributed by atoms with Crippen LogP contribution in [0.4, 0.5) is 0 Å². The molecule has 2 aromatic heterocycles. The summed E-state index contributed by atoms with van der Waals surface area (Å²) < 4.78 is 3.87. The van der Waals surface area contributed by atoms with Crippen molar-refractivity contribution in [3.8, 4) is 0 Å². The molecule has 0 saturated heterocycles. The monoisotopic (exact) mass is 281 g/mol. The van der Waals surface area contributed by atoms with Crippen molar-refractivity contribution in [1.82, 2.24) is 24.5 Å². The summed E-state index contributed by atoms with van der Waals surface area (Å²) in [7, 11) is 0. The van der Waals surface area contributed by atoms with Crippen LogP contribution in [0.5, 0.6) is 0 Å². The van der Waals surface area contributed by atoms with Gasteiger partial charge >= 0.3 is 0 Å². The van der Waals surface area contributed by atoms with Crippen LogP contribution in [0.1, 0.15) is 55.0 Å². The average molecular weight is 282 g/mol. The summed E-state index contributed by atoms with van der Waals surface area (Å²) in [5, 5.41) is 8.77. The number of rotatable bonds is 4. The minimum atomic E-state index is -0.0308. The smallest absolute Gasteiger partial charge is 0.148 e. The first kappa shape index (κ1) is 14.1. The van der Waals surface area contributed by atoms with Gasteiger partial charge in [-0.3, -0.25) is 4.68 Å². The molecule has 0 aliphatic heterocycles. The molecule has 0 bridgehead atoms. The first-order valence-electron chi connectivity index (χ1n) is 6.48. The Kier molecular flexibility index (Phi) is 3.94. The van der Waals surface area contributed by atoms with Gasteiger partial charge in [-0.05, 0) is 34.6 Å². The van der Waals surface area contributed by atoms with E-state index in [1.165, 1.54) is 0 Å². The number of aromatic nitrogens is 5. The van der Waals surface area contributed by atoms with E-state index in [-0.39, 0.29) is 5.38 Å². The lowest BCUT2D eigenvalue weighted by atomic mass is 10.1. The topological polar surface area (TPSA) is 48.5 Å². The summed E-state index contributed by atoms with van der Waals surface area (Å²) in [5.41, 5.74) is 3.19. The molecule has 2 aromatic rings. The average Bonchev–Trinajstić information content (AvgIpc) is 2.85. The van der Waals surface area contributed by atoms with Crippen molar-refractivity contribution >= 4 is 11.6 Å². The van der Waals surface area contributed by atoms with Gasteiger partial charge < -0.3 is 0 Å². The molecule has 0 aromatic carbocycles. The molecule has 0 spiro atoms. The molecule has 0 radical (unpaired) electrons. The van der Waals surface area contributed by atoms with E-state index in [1.54, 1.807) is 6.33 Å². The fraction of sp³-hybridized carbons (Fsp3) is 0.615. The van der Waals surface area contributed by atoms with Gasteiger partial charge in [0.2, 0.25) is 0 Å². The Labute approximate surface area is 118 Å². The number of nitrogens with zero attached hydrogens (tertiary/aromatic N) is 5. The Morgan fingerprint density at radius 1 is 1.26 bits per heavy atom. The molecule has 2 heterocycles. The Morgan fingerprint density at radius 2 is 1.95 bits per heavy atom. The van der Waals surface area contributed by atoms with Crippen LogP contribution in [-0.2, 0) is 6.54 Å². The van der Waals surface area contributed by atoms with Crippen molar-refractivity contribution in [2.45, 2.75) is 52.6 Å². The van der Waals surface area contributed by atoms with E-state index in [2.05, 4.69) is 29.0 Å². The van der Waals surface area contributed by atoms with Crippen molar-refractivity contribution in [3.05, 3.63) is 29.1 Å². The van der Waals surface area contributed by atoms with Gasteiger partial charge in [-0.15, -0.1) is 11.6 Å². The molecule has 2 rings (SSSR count). The van der Waals surface area contributed by atoms with Crippen molar-refractivity contribution in [2.24, 2.45) is 0 Å². The summed E-state index contributed by atoms with van der Waals surface area (Å²) >= 11 is 6.20. The van der Waals surface area contributed by atoms with Crippen LogP contribution in [0.2, 0.25) is 0 Å². The van der Waals surface area contributed by atoms with E-state index in [0.29, 0.717) is 12.6 Å². The fourth-order valence-corrected chi connectivity index (χ4v) is 2.71. The molecule has 0 fully saturated rings. The predicted molar refractivity (Wildman–Crippen MR) is 75.5 cm³/mol. The maximum absolute atomic E-state index is 6.20. The van der Waals surface area contributed by atoms with Gasteiger partial charge in [0.1, 0.15) is 18.7 Å². The van der Waals surface area contributed by atoms with Gasteiger partial charge in [0.25, 0.3) is 0 Å². The summed E-state index contributed by atoms with van der Waals surface area (Å²) in [4.78, 5) is 4.32. The van der Waals surface area contributed by atoms with E-state index in [1.807, 2.05) is 30.1 Å². The van der Waals surface area contributed by atoms with Crippen LogP contribution in [-0.4, -0.2) is 24.5 Å². The largest absolute Gasteiger partial charge is 0.262 e. The molecule has 6 heteroatoms. The maximum Gasteiger partial charge on any atom is 0.148 e. The van der Waals surface area contributed by atoms with E-state index < -0.39 is 0 Å². The van der Waals surface area contributed by atoms with Gasteiger partial charge in [0, 0.05) is 17.3 Å². The van der Waals surface area contributed by atoms with E-state index in [4.69, 9.17) is 11.6 Å². The maximum atomic E-state index is 6.20. The first-order valence-corrected chi connectivity index (χ1v) is 6.91. The third-order valence-electron chi connectivity index (χ3n) is 3.26. The quantitative estimate of drug-likeness (QED) is 0.810. The highest BCUT2D eigenvalue weighted by Crippen LogP contribution is 2.26. The third-order valence-corrected chi connectivity index (χ3v) is 3.48. The molecule has 19 heavy (non-hydrogen) atoms. The SMILES string of the molecule is Cc1nn(Cc2ncnn2C(C)C)c(C)c1C(C)Cl. The zero-order valence-electron chi connectivity index (χ0n) is 12.1. The summed E-state index contributed by atoms with van der Waals surface area (Å²) in [5.74, 6) is 0.911. The minimum Gasteiger partial charge on any atom is -0.262 e.